The summed E-state index contributed by atoms with van der Waals surface area (Å²) in [6, 6.07) is 3.94. The van der Waals surface area contributed by atoms with Gasteiger partial charge in [-0.3, -0.25) is 4.79 Å². The van der Waals surface area contributed by atoms with Crippen LogP contribution in [0.15, 0.2) is 18.2 Å². The summed E-state index contributed by atoms with van der Waals surface area (Å²) in [5.74, 6) is -1.48. The van der Waals surface area contributed by atoms with Crippen molar-refractivity contribution in [2.45, 2.75) is 44.8 Å². The standard InChI is InChI=1S/C18H21F2NO2/c1-18(2)15(9-6-7-23-16(9)18)21-17(22)11-8-10(11)14-12(19)4-3-5-13(14)20/h3-5,9-11,15-16H,6-8H2,1-2H3,(H,21,22)/t9-,10+,11-,15-,16-/m1/s1. The number of carbonyl (C=O) groups excluding carboxylic acids is 1. The highest BCUT2D eigenvalue weighted by atomic mass is 19.1. The van der Waals surface area contributed by atoms with E-state index in [0.29, 0.717) is 12.3 Å². The van der Waals surface area contributed by atoms with Crippen LogP contribution in [0.5, 0.6) is 0 Å². The molecular weight excluding hydrogens is 300 g/mol. The van der Waals surface area contributed by atoms with Crippen LogP contribution in [0.1, 0.15) is 38.2 Å². The molecule has 1 aromatic rings. The van der Waals surface area contributed by atoms with Crippen molar-refractivity contribution in [1.82, 2.24) is 5.32 Å². The maximum absolute atomic E-state index is 13.8. The average Bonchev–Trinajstić information content (AvgIpc) is 3.13. The van der Waals surface area contributed by atoms with Gasteiger partial charge in [0.1, 0.15) is 11.6 Å². The topological polar surface area (TPSA) is 38.3 Å². The molecule has 3 nitrogen and oxygen atoms in total. The van der Waals surface area contributed by atoms with Crippen molar-refractivity contribution in [1.29, 1.82) is 0 Å². The Bertz CT molecular complexity index is 640. The SMILES string of the molecule is CC1(C)[C@H](NC(=O)[C@@H]2C[C@@H]2c2c(F)cccc2F)[C@H]2CCO[C@H]21. The predicted molar refractivity (Wildman–Crippen MR) is 80.8 cm³/mol. The maximum Gasteiger partial charge on any atom is 0.224 e. The zero-order chi connectivity index (χ0) is 16.4. The van der Waals surface area contributed by atoms with E-state index in [9.17, 15) is 13.6 Å². The lowest BCUT2D eigenvalue weighted by Crippen LogP contribution is -2.66. The first-order valence-corrected chi connectivity index (χ1v) is 8.27. The Morgan fingerprint density at radius 1 is 1.30 bits per heavy atom. The molecule has 1 N–H and O–H groups in total. The summed E-state index contributed by atoms with van der Waals surface area (Å²) in [4.78, 5) is 12.5. The van der Waals surface area contributed by atoms with E-state index in [2.05, 4.69) is 19.2 Å². The van der Waals surface area contributed by atoms with E-state index in [4.69, 9.17) is 4.74 Å². The minimum absolute atomic E-state index is 0.0580. The molecule has 1 saturated heterocycles. The zero-order valence-electron chi connectivity index (χ0n) is 13.3. The molecule has 2 saturated carbocycles. The molecule has 5 heteroatoms. The lowest BCUT2D eigenvalue weighted by atomic mass is 9.57. The van der Waals surface area contributed by atoms with Crippen LogP contribution in [0.3, 0.4) is 0 Å². The van der Waals surface area contributed by atoms with E-state index >= 15 is 0 Å². The Labute approximate surface area is 134 Å². The minimum atomic E-state index is -0.557. The van der Waals surface area contributed by atoms with Crippen LogP contribution in [-0.2, 0) is 9.53 Å². The third kappa shape index (κ3) is 2.20. The molecule has 0 radical (unpaired) electrons. The second-order valence-electron chi connectivity index (χ2n) is 7.64. The smallest absolute Gasteiger partial charge is 0.224 e. The first kappa shape index (κ1) is 15.1. The Hall–Kier alpha value is -1.49. The molecule has 3 fully saturated rings. The van der Waals surface area contributed by atoms with Crippen LogP contribution in [0.2, 0.25) is 0 Å². The van der Waals surface area contributed by atoms with E-state index < -0.39 is 11.6 Å². The molecule has 1 amide bonds. The van der Waals surface area contributed by atoms with Crippen molar-refractivity contribution in [2.75, 3.05) is 6.61 Å². The van der Waals surface area contributed by atoms with Gasteiger partial charge in [0.15, 0.2) is 0 Å². The molecule has 0 unspecified atom stereocenters. The third-order valence-corrected chi connectivity index (χ3v) is 5.90. The van der Waals surface area contributed by atoms with Crippen molar-refractivity contribution in [2.24, 2.45) is 17.3 Å². The number of nitrogens with one attached hydrogen (secondary N) is 1. The van der Waals surface area contributed by atoms with E-state index in [1.165, 1.54) is 18.2 Å². The largest absolute Gasteiger partial charge is 0.377 e. The molecule has 1 aromatic carbocycles. The fourth-order valence-corrected chi connectivity index (χ4v) is 4.55. The number of carbonyl (C=O) groups is 1. The summed E-state index contributed by atoms with van der Waals surface area (Å²) in [7, 11) is 0. The van der Waals surface area contributed by atoms with Crippen LogP contribution < -0.4 is 5.32 Å². The normalized spacial score (nSPS) is 37.0. The van der Waals surface area contributed by atoms with Crippen molar-refractivity contribution >= 4 is 5.91 Å². The van der Waals surface area contributed by atoms with E-state index in [1.54, 1.807) is 0 Å². The fourth-order valence-electron chi connectivity index (χ4n) is 4.55. The van der Waals surface area contributed by atoms with Gasteiger partial charge in [0.25, 0.3) is 0 Å². The summed E-state index contributed by atoms with van der Waals surface area (Å²) in [6.45, 7) is 4.95. The molecule has 2 aliphatic carbocycles. The van der Waals surface area contributed by atoms with Gasteiger partial charge in [0.05, 0.1) is 6.10 Å². The average molecular weight is 321 g/mol. The van der Waals surface area contributed by atoms with Crippen LogP contribution >= 0.6 is 0 Å². The number of rotatable bonds is 3. The van der Waals surface area contributed by atoms with Gasteiger partial charge in [-0.15, -0.1) is 0 Å². The second kappa shape index (κ2) is 5.00. The summed E-state index contributed by atoms with van der Waals surface area (Å²) in [5.41, 5.74) is -0.0209. The minimum Gasteiger partial charge on any atom is -0.377 e. The van der Waals surface area contributed by atoms with Crippen LogP contribution in [-0.4, -0.2) is 24.7 Å². The summed E-state index contributed by atoms with van der Waals surface area (Å²) in [5, 5.41) is 3.11. The van der Waals surface area contributed by atoms with Gasteiger partial charge in [-0.2, -0.15) is 0 Å². The number of benzene rings is 1. The van der Waals surface area contributed by atoms with Crippen molar-refractivity contribution in [3.8, 4) is 0 Å². The number of ether oxygens (including phenoxy) is 1. The predicted octanol–water partition coefficient (Wildman–Crippen LogP) is 3.00. The zero-order valence-corrected chi connectivity index (χ0v) is 13.3. The highest BCUT2D eigenvalue weighted by Crippen LogP contribution is 2.54. The maximum atomic E-state index is 13.8. The molecule has 1 heterocycles. The molecule has 124 valence electrons. The first-order chi connectivity index (χ1) is 10.9. The van der Waals surface area contributed by atoms with E-state index in [-0.39, 0.29) is 40.9 Å². The van der Waals surface area contributed by atoms with Crippen molar-refractivity contribution < 1.29 is 18.3 Å². The lowest BCUT2D eigenvalue weighted by molar-refractivity contribution is -0.138. The summed E-state index contributed by atoms with van der Waals surface area (Å²) in [6.07, 6.45) is 1.70. The second-order valence-corrected chi connectivity index (χ2v) is 7.64. The van der Waals surface area contributed by atoms with Gasteiger partial charge in [-0.05, 0) is 25.0 Å². The molecule has 4 rings (SSSR count). The molecule has 0 spiro atoms. The van der Waals surface area contributed by atoms with Crippen molar-refractivity contribution in [3.05, 3.63) is 35.4 Å². The quantitative estimate of drug-likeness (QED) is 0.929. The molecule has 23 heavy (non-hydrogen) atoms. The Kier molecular flexibility index (Phi) is 3.28. The van der Waals surface area contributed by atoms with E-state index in [0.717, 1.165) is 13.0 Å². The van der Waals surface area contributed by atoms with Gasteiger partial charge in [0.2, 0.25) is 5.91 Å². The van der Waals surface area contributed by atoms with Crippen LogP contribution in [0.25, 0.3) is 0 Å². The molecule has 1 aliphatic heterocycles. The fraction of sp³-hybridized carbons (Fsp3) is 0.611. The van der Waals surface area contributed by atoms with Gasteiger partial charge >= 0.3 is 0 Å². The van der Waals surface area contributed by atoms with Gasteiger partial charge < -0.3 is 10.1 Å². The Morgan fingerprint density at radius 3 is 2.70 bits per heavy atom. The molecule has 0 aromatic heterocycles. The molecule has 3 aliphatic rings. The van der Waals surface area contributed by atoms with Crippen molar-refractivity contribution in [3.63, 3.8) is 0 Å². The Morgan fingerprint density at radius 2 is 2.00 bits per heavy atom. The molecule has 0 bridgehead atoms. The van der Waals surface area contributed by atoms with E-state index in [1.807, 2.05) is 0 Å². The summed E-state index contributed by atoms with van der Waals surface area (Å²) < 4.78 is 33.4. The lowest BCUT2D eigenvalue weighted by Gasteiger charge is -2.54. The number of halogens is 2. The third-order valence-electron chi connectivity index (χ3n) is 5.90. The molecule has 5 atom stereocenters. The van der Waals surface area contributed by atoms with Gasteiger partial charge in [-0.1, -0.05) is 19.9 Å². The van der Waals surface area contributed by atoms with Crippen LogP contribution in [0.4, 0.5) is 8.78 Å². The number of amides is 1. The number of hydrogen-bond donors (Lipinski definition) is 1. The Balaban J connectivity index is 1.44. The molecular formula is C18H21F2NO2. The monoisotopic (exact) mass is 321 g/mol. The highest BCUT2D eigenvalue weighted by Gasteiger charge is 2.60. The highest BCUT2D eigenvalue weighted by molar-refractivity contribution is 5.83. The summed E-state index contributed by atoms with van der Waals surface area (Å²) >= 11 is 0. The number of fused-ring (bicyclic) bond motifs is 1. The first-order valence-electron chi connectivity index (χ1n) is 8.27. The number of hydrogen-bond acceptors (Lipinski definition) is 2. The van der Waals surface area contributed by atoms with Gasteiger partial charge in [-0.25, -0.2) is 8.78 Å². The van der Waals surface area contributed by atoms with Gasteiger partial charge in [0, 0.05) is 41.4 Å². The van der Waals surface area contributed by atoms with Crippen LogP contribution in [0, 0.1) is 28.9 Å².